The van der Waals surface area contributed by atoms with Crippen molar-refractivity contribution in [2.75, 3.05) is 33.8 Å². The highest BCUT2D eigenvalue weighted by Crippen LogP contribution is 2.39. The molecule has 3 aromatic carbocycles. The topological polar surface area (TPSA) is 110 Å². The lowest BCUT2D eigenvalue weighted by Crippen LogP contribution is -2.30. The van der Waals surface area contributed by atoms with Crippen molar-refractivity contribution in [2.24, 2.45) is 0 Å². The van der Waals surface area contributed by atoms with Crippen molar-refractivity contribution in [2.45, 2.75) is 13.0 Å². The highest BCUT2D eigenvalue weighted by atomic mass is 16.5. The molecule has 208 valence electrons. The van der Waals surface area contributed by atoms with Gasteiger partial charge in [-0.15, -0.1) is 0 Å². The molecule has 0 radical (unpaired) electrons. The van der Waals surface area contributed by atoms with E-state index in [-0.39, 0.29) is 11.5 Å². The average molecular weight is 554 g/mol. The molecule has 3 heterocycles. The smallest absolute Gasteiger partial charge is 0.267 e. The maximum atomic E-state index is 13.9. The van der Waals surface area contributed by atoms with Crippen LogP contribution >= 0.6 is 0 Å². The van der Waals surface area contributed by atoms with Crippen LogP contribution in [0.2, 0.25) is 0 Å². The summed E-state index contributed by atoms with van der Waals surface area (Å²) in [6.45, 7) is 1.66. The molecule has 6 aromatic rings. The van der Waals surface area contributed by atoms with Gasteiger partial charge in [0.05, 0.1) is 56.1 Å². The third-order valence-electron chi connectivity index (χ3n) is 7.21. The molecule has 41 heavy (non-hydrogen) atoms. The summed E-state index contributed by atoms with van der Waals surface area (Å²) in [7, 11) is 6.11. The Labute approximate surface area is 234 Å². The first-order valence-electron chi connectivity index (χ1n) is 12.8. The molecule has 0 saturated carbocycles. The molecular formula is C31H27N3O7. The molecule has 0 aliphatic carbocycles. The van der Waals surface area contributed by atoms with Gasteiger partial charge < -0.3 is 29.0 Å². The lowest BCUT2D eigenvalue weighted by atomic mass is 10.1. The molecular weight excluding hydrogens is 526 g/mol. The maximum Gasteiger partial charge on any atom is 0.267 e. The summed E-state index contributed by atoms with van der Waals surface area (Å²) in [6, 6.07) is 16.0. The Morgan fingerprint density at radius 2 is 1.59 bits per heavy atom. The fraction of sp³-hybridized carbons (Fsp3) is 0.194. The Morgan fingerprint density at radius 3 is 2.32 bits per heavy atom. The highest BCUT2D eigenvalue weighted by Gasteiger charge is 2.23. The number of fused-ring (bicyclic) bond motifs is 5. The van der Waals surface area contributed by atoms with Crippen LogP contribution in [0.5, 0.6) is 28.7 Å². The maximum absolute atomic E-state index is 13.9. The second kappa shape index (κ2) is 10.1. The Balaban J connectivity index is 1.42. The Kier molecular flexibility index (Phi) is 6.37. The van der Waals surface area contributed by atoms with Gasteiger partial charge in [0.25, 0.3) is 11.5 Å². The van der Waals surface area contributed by atoms with E-state index >= 15 is 0 Å². The summed E-state index contributed by atoms with van der Waals surface area (Å²) in [4.78, 5) is 31.6. The molecule has 1 amide bonds. The number of rotatable bonds is 8. The van der Waals surface area contributed by atoms with Crippen LogP contribution < -0.4 is 34.6 Å². The zero-order valence-corrected chi connectivity index (χ0v) is 23.1. The number of carbonyl (C=O) groups is 1. The second-order valence-electron chi connectivity index (χ2n) is 9.41. The molecule has 1 N–H and O–H groups in total. The number of anilines is 1. The number of hydrogen-bond donors (Lipinski definition) is 1. The monoisotopic (exact) mass is 553 g/mol. The minimum absolute atomic E-state index is 0.245. The lowest BCUT2D eigenvalue weighted by Gasteiger charge is -2.17. The van der Waals surface area contributed by atoms with Crippen molar-refractivity contribution in [1.29, 1.82) is 0 Å². The summed E-state index contributed by atoms with van der Waals surface area (Å²) in [5.74, 6) is 2.00. The van der Waals surface area contributed by atoms with Gasteiger partial charge >= 0.3 is 0 Å². The van der Waals surface area contributed by atoms with Crippen molar-refractivity contribution in [1.82, 2.24) is 9.38 Å². The van der Waals surface area contributed by atoms with Gasteiger partial charge in [-0.1, -0.05) is 0 Å². The average Bonchev–Trinajstić information content (AvgIpc) is 3.33. The van der Waals surface area contributed by atoms with E-state index in [1.54, 1.807) is 61.0 Å². The summed E-state index contributed by atoms with van der Waals surface area (Å²) < 4.78 is 29.4. The van der Waals surface area contributed by atoms with E-state index in [1.807, 2.05) is 18.2 Å². The largest absolute Gasteiger partial charge is 0.497 e. The first-order valence-corrected chi connectivity index (χ1v) is 12.8. The molecule has 0 saturated heterocycles. The van der Waals surface area contributed by atoms with Crippen LogP contribution in [0.25, 0.3) is 38.1 Å². The van der Waals surface area contributed by atoms with E-state index in [4.69, 9.17) is 23.7 Å². The normalized spacial score (nSPS) is 12.1. The first-order chi connectivity index (χ1) is 19.9. The number of pyridine rings is 2. The van der Waals surface area contributed by atoms with E-state index in [9.17, 15) is 9.59 Å². The Hall–Kier alpha value is -5.25. The van der Waals surface area contributed by atoms with Gasteiger partial charge in [0.1, 0.15) is 17.2 Å². The lowest BCUT2D eigenvalue weighted by molar-refractivity contribution is -0.122. The van der Waals surface area contributed by atoms with E-state index in [0.29, 0.717) is 61.8 Å². The molecule has 0 aliphatic heterocycles. The number of nitrogens with one attached hydrogen (secondary N) is 1. The fourth-order valence-electron chi connectivity index (χ4n) is 5.28. The predicted molar refractivity (Wildman–Crippen MR) is 157 cm³/mol. The second-order valence-corrected chi connectivity index (χ2v) is 9.41. The number of amides is 1. The van der Waals surface area contributed by atoms with Crippen LogP contribution in [0, 0.1) is 0 Å². The van der Waals surface area contributed by atoms with Gasteiger partial charge in [-0.05, 0) is 55.5 Å². The minimum atomic E-state index is -0.841. The molecule has 0 fully saturated rings. The number of hydrogen-bond acceptors (Lipinski definition) is 8. The number of aromatic nitrogens is 2. The third kappa shape index (κ3) is 4.07. The van der Waals surface area contributed by atoms with Gasteiger partial charge in [-0.3, -0.25) is 19.0 Å². The number of carbonyl (C=O) groups excluding carboxylic acids is 1. The van der Waals surface area contributed by atoms with Gasteiger partial charge in [0.2, 0.25) is 0 Å². The van der Waals surface area contributed by atoms with Crippen molar-refractivity contribution in [3.63, 3.8) is 0 Å². The standard InChI is InChI=1S/C31H27N3O7/c1-16(30(35)33-22-15-17(37-2)7-10-24(22)38-3)41-18-6-9-23-21(14-18)19-12-13-32-27-20-8-11-25(39-4)29(40-5)26(20)31(36)34(23)28(19)27/h6-16H,1-5H3,(H,33,35)/t16-/m0/s1. The summed E-state index contributed by atoms with van der Waals surface area (Å²) >= 11 is 0. The van der Waals surface area contributed by atoms with Crippen LogP contribution in [-0.2, 0) is 4.79 Å². The Bertz CT molecular complexity index is 2020. The SMILES string of the molecule is COc1ccc(OC)c(NC(=O)[C@H](C)Oc2ccc3c(c2)c2ccnc4c5ccc(OC)c(OC)c5c(=O)n3c24)c1. The number of nitrogens with zero attached hydrogens (tertiary/aromatic N) is 2. The summed E-state index contributed by atoms with van der Waals surface area (Å²) in [6.07, 6.45) is 0.871. The van der Waals surface area contributed by atoms with Crippen molar-refractivity contribution in [3.8, 4) is 28.7 Å². The molecule has 0 spiro atoms. The van der Waals surface area contributed by atoms with Crippen molar-refractivity contribution < 1.29 is 28.5 Å². The van der Waals surface area contributed by atoms with Gasteiger partial charge in [0.15, 0.2) is 17.6 Å². The van der Waals surface area contributed by atoms with Crippen LogP contribution in [0.1, 0.15) is 6.92 Å². The number of benzene rings is 3. The minimum Gasteiger partial charge on any atom is -0.497 e. The fourth-order valence-corrected chi connectivity index (χ4v) is 5.28. The van der Waals surface area contributed by atoms with Gasteiger partial charge in [-0.2, -0.15) is 0 Å². The zero-order valence-electron chi connectivity index (χ0n) is 23.1. The van der Waals surface area contributed by atoms with E-state index in [1.165, 1.54) is 21.3 Å². The summed E-state index contributed by atoms with van der Waals surface area (Å²) in [5, 5.41) is 5.52. The van der Waals surface area contributed by atoms with Gasteiger partial charge in [0, 0.05) is 28.4 Å². The number of methoxy groups -OCH3 is 4. The molecule has 10 nitrogen and oxygen atoms in total. The Morgan fingerprint density at radius 1 is 0.829 bits per heavy atom. The van der Waals surface area contributed by atoms with Gasteiger partial charge in [-0.25, -0.2) is 0 Å². The molecule has 6 rings (SSSR count). The van der Waals surface area contributed by atoms with E-state index < -0.39 is 6.10 Å². The third-order valence-corrected chi connectivity index (χ3v) is 7.21. The van der Waals surface area contributed by atoms with Crippen LogP contribution in [0.4, 0.5) is 5.69 Å². The van der Waals surface area contributed by atoms with Crippen LogP contribution in [0.15, 0.2) is 65.6 Å². The molecule has 0 bridgehead atoms. The van der Waals surface area contributed by atoms with Crippen LogP contribution in [-0.4, -0.2) is 49.8 Å². The van der Waals surface area contributed by atoms with Crippen molar-refractivity contribution in [3.05, 3.63) is 71.1 Å². The quantitative estimate of drug-likeness (QED) is 0.261. The molecule has 0 aliphatic rings. The first kappa shape index (κ1) is 26.0. The van der Waals surface area contributed by atoms with E-state index in [2.05, 4.69) is 10.3 Å². The highest BCUT2D eigenvalue weighted by molar-refractivity contribution is 6.19. The van der Waals surface area contributed by atoms with Crippen LogP contribution in [0.3, 0.4) is 0 Å². The molecule has 0 unspecified atom stereocenters. The summed E-state index contributed by atoms with van der Waals surface area (Å²) in [5.41, 5.74) is 2.26. The molecule has 3 aromatic heterocycles. The van der Waals surface area contributed by atoms with E-state index in [0.717, 1.165) is 10.8 Å². The number of ether oxygens (including phenoxy) is 5. The van der Waals surface area contributed by atoms with Crippen molar-refractivity contribution >= 4 is 49.7 Å². The molecule has 10 heteroatoms. The predicted octanol–water partition coefficient (Wildman–Crippen LogP) is 5.03. The molecule has 1 atom stereocenters. The zero-order chi connectivity index (χ0) is 28.8.